The normalized spacial score (nSPS) is 11.8. The van der Waals surface area contributed by atoms with Crippen LogP contribution in [0, 0.1) is 13.8 Å². The summed E-state index contributed by atoms with van der Waals surface area (Å²) in [5.41, 5.74) is 3.03. The molecule has 7 nitrogen and oxygen atoms in total. The van der Waals surface area contributed by atoms with E-state index in [2.05, 4.69) is 11.6 Å². The van der Waals surface area contributed by atoms with Crippen molar-refractivity contribution in [3.8, 4) is 0 Å². The quantitative estimate of drug-likeness (QED) is 0.493. The Labute approximate surface area is 167 Å². The Hall–Kier alpha value is -3.61. The van der Waals surface area contributed by atoms with Gasteiger partial charge in [0.1, 0.15) is 0 Å². The number of rotatable bonds is 5. The van der Waals surface area contributed by atoms with Gasteiger partial charge in [-0.05, 0) is 19.4 Å². The van der Waals surface area contributed by atoms with Crippen LogP contribution in [0.1, 0.15) is 17.0 Å². The molecule has 0 aliphatic rings. The number of hydrogen-bond acceptors (Lipinski definition) is 3. The van der Waals surface area contributed by atoms with E-state index in [0.29, 0.717) is 23.5 Å². The first-order valence-electron chi connectivity index (χ1n) is 9.46. The molecule has 0 aliphatic heterocycles. The lowest BCUT2D eigenvalue weighted by Crippen LogP contribution is -2.39. The SMILES string of the molecule is C=CCn1c(C)c(C)n2c3c(=O)n(CC=Cc4ccccc4)c(=O)n(C)c3nc12. The van der Waals surface area contributed by atoms with E-state index in [0.717, 1.165) is 17.0 Å². The van der Waals surface area contributed by atoms with Crippen molar-refractivity contribution in [2.75, 3.05) is 0 Å². The minimum Gasteiger partial charge on any atom is -0.310 e. The third-order valence-electron chi connectivity index (χ3n) is 5.34. The first-order valence-corrected chi connectivity index (χ1v) is 9.46. The minimum atomic E-state index is -0.384. The van der Waals surface area contributed by atoms with E-state index in [1.807, 2.05) is 65.3 Å². The monoisotopic (exact) mass is 389 g/mol. The van der Waals surface area contributed by atoms with Gasteiger partial charge in [0.15, 0.2) is 11.2 Å². The van der Waals surface area contributed by atoms with E-state index >= 15 is 0 Å². The van der Waals surface area contributed by atoms with Gasteiger partial charge in [0, 0.05) is 31.5 Å². The second-order valence-electron chi connectivity index (χ2n) is 7.06. The Bertz CT molecular complexity index is 1380. The van der Waals surface area contributed by atoms with Crippen molar-refractivity contribution in [1.82, 2.24) is 23.1 Å². The Morgan fingerprint density at radius 3 is 2.45 bits per heavy atom. The fourth-order valence-electron chi connectivity index (χ4n) is 3.68. The average Bonchev–Trinajstić information content (AvgIpc) is 3.22. The molecule has 3 aromatic heterocycles. The summed E-state index contributed by atoms with van der Waals surface area (Å²) >= 11 is 0. The van der Waals surface area contributed by atoms with Crippen LogP contribution in [0.15, 0.2) is 58.7 Å². The average molecular weight is 389 g/mol. The van der Waals surface area contributed by atoms with Gasteiger partial charge in [0.25, 0.3) is 5.56 Å². The fourth-order valence-corrected chi connectivity index (χ4v) is 3.68. The van der Waals surface area contributed by atoms with Gasteiger partial charge in [-0.3, -0.25) is 18.3 Å². The van der Waals surface area contributed by atoms with Gasteiger partial charge >= 0.3 is 5.69 Å². The summed E-state index contributed by atoms with van der Waals surface area (Å²) in [5, 5.41) is 0. The van der Waals surface area contributed by atoms with Gasteiger partial charge in [-0.1, -0.05) is 48.6 Å². The molecule has 148 valence electrons. The highest BCUT2D eigenvalue weighted by atomic mass is 16.2. The second-order valence-corrected chi connectivity index (χ2v) is 7.06. The molecule has 0 radical (unpaired) electrons. The molecule has 0 bridgehead atoms. The minimum absolute atomic E-state index is 0.189. The Morgan fingerprint density at radius 2 is 1.76 bits per heavy atom. The lowest BCUT2D eigenvalue weighted by Gasteiger charge is -2.06. The highest BCUT2D eigenvalue weighted by Gasteiger charge is 2.21. The molecule has 0 saturated heterocycles. The third kappa shape index (κ3) is 2.86. The van der Waals surface area contributed by atoms with E-state index in [4.69, 9.17) is 0 Å². The van der Waals surface area contributed by atoms with Crippen LogP contribution in [0.4, 0.5) is 0 Å². The van der Waals surface area contributed by atoms with Crippen LogP contribution in [0.5, 0.6) is 0 Å². The Kier molecular flexibility index (Phi) is 4.58. The molecule has 0 atom stereocenters. The van der Waals surface area contributed by atoms with Gasteiger partial charge < -0.3 is 4.57 Å². The third-order valence-corrected chi connectivity index (χ3v) is 5.34. The topological polar surface area (TPSA) is 66.2 Å². The van der Waals surface area contributed by atoms with Gasteiger partial charge in [-0.2, -0.15) is 4.98 Å². The molecule has 29 heavy (non-hydrogen) atoms. The fraction of sp³-hybridized carbons (Fsp3) is 0.227. The zero-order valence-corrected chi connectivity index (χ0v) is 16.8. The number of hydrogen-bond donors (Lipinski definition) is 0. The molecule has 0 fully saturated rings. The number of aryl methyl sites for hydroxylation is 2. The Balaban J connectivity index is 1.93. The predicted molar refractivity (Wildman–Crippen MR) is 115 cm³/mol. The number of imidazole rings is 2. The highest BCUT2D eigenvalue weighted by Crippen LogP contribution is 2.20. The lowest BCUT2D eigenvalue weighted by molar-refractivity contribution is 0.667. The molecule has 0 N–H and O–H groups in total. The summed E-state index contributed by atoms with van der Waals surface area (Å²) in [7, 11) is 1.65. The maximum absolute atomic E-state index is 13.3. The summed E-state index contributed by atoms with van der Waals surface area (Å²) in [6.07, 6.45) is 5.51. The van der Waals surface area contributed by atoms with Crippen molar-refractivity contribution in [3.63, 3.8) is 0 Å². The molecule has 4 rings (SSSR count). The lowest BCUT2D eigenvalue weighted by atomic mass is 10.2. The molecule has 7 heteroatoms. The largest absolute Gasteiger partial charge is 0.332 e. The second kappa shape index (κ2) is 7.09. The molecule has 4 aromatic rings. The molecular formula is C22H23N5O2. The van der Waals surface area contributed by atoms with E-state index < -0.39 is 0 Å². The number of fused-ring (bicyclic) bond motifs is 3. The summed E-state index contributed by atoms with van der Waals surface area (Å²) in [6.45, 7) is 8.51. The Morgan fingerprint density at radius 1 is 1.03 bits per heavy atom. The molecular weight excluding hydrogens is 366 g/mol. The van der Waals surface area contributed by atoms with Gasteiger partial charge in [-0.25, -0.2) is 4.79 Å². The van der Waals surface area contributed by atoms with Crippen LogP contribution in [0.25, 0.3) is 23.0 Å². The van der Waals surface area contributed by atoms with E-state index in [1.165, 1.54) is 9.13 Å². The highest BCUT2D eigenvalue weighted by molar-refractivity contribution is 5.76. The van der Waals surface area contributed by atoms with Crippen molar-refractivity contribution in [2.45, 2.75) is 26.9 Å². The van der Waals surface area contributed by atoms with Crippen LogP contribution in [0.3, 0.4) is 0 Å². The molecule has 3 heterocycles. The van der Waals surface area contributed by atoms with Gasteiger partial charge in [0.2, 0.25) is 5.78 Å². The first kappa shape index (κ1) is 18.7. The zero-order valence-electron chi connectivity index (χ0n) is 16.8. The van der Waals surface area contributed by atoms with E-state index in [-0.39, 0.29) is 17.8 Å². The van der Waals surface area contributed by atoms with E-state index in [1.54, 1.807) is 13.1 Å². The standard InChI is InChI=1S/C22H23N5O2/c1-5-13-25-15(2)16(3)27-18-19(23-21(25)27)24(4)22(29)26(20(18)28)14-9-12-17-10-7-6-8-11-17/h5-12H,1,13-14H2,2-4H3. The summed E-state index contributed by atoms with van der Waals surface area (Å²) in [5.74, 6) is 0.638. The smallest absolute Gasteiger partial charge is 0.310 e. The molecule has 0 saturated carbocycles. The number of benzene rings is 1. The summed E-state index contributed by atoms with van der Waals surface area (Å²) in [6, 6.07) is 9.77. The van der Waals surface area contributed by atoms with Crippen molar-refractivity contribution < 1.29 is 0 Å². The van der Waals surface area contributed by atoms with Crippen molar-refractivity contribution in [2.24, 2.45) is 7.05 Å². The molecule has 0 amide bonds. The maximum Gasteiger partial charge on any atom is 0.332 e. The van der Waals surface area contributed by atoms with Crippen molar-refractivity contribution >= 4 is 23.0 Å². The molecule has 0 unspecified atom stereocenters. The number of aromatic nitrogens is 5. The van der Waals surface area contributed by atoms with Gasteiger partial charge in [0.05, 0.1) is 0 Å². The first-order chi connectivity index (χ1) is 14.0. The predicted octanol–water partition coefficient (Wildman–Crippen LogP) is 2.67. The van der Waals surface area contributed by atoms with Gasteiger partial charge in [-0.15, -0.1) is 6.58 Å². The van der Waals surface area contributed by atoms with E-state index in [9.17, 15) is 9.59 Å². The van der Waals surface area contributed by atoms with Crippen LogP contribution in [0.2, 0.25) is 0 Å². The van der Waals surface area contributed by atoms with Crippen molar-refractivity contribution in [1.29, 1.82) is 0 Å². The number of allylic oxidation sites excluding steroid dienone is 2. The zero-order chi connectivity index (χ0) is 20.7. The summed E-state index contributed by atoms with van der Waals surface area (Å²) < 4.78 is 6.52. The summed E-state index contributed by atoms with van der Waals surface area (Å²) in [4.78, 5) is 30.7. The molecule has 0 spiro atoms. The van der Waals surface area contributed by atoms with Crippen LogP contribution in [-0.4, -0.2) is 23.1 Å². The van der Waals surface area contributed by atoms with Crippen LogP contribution in [-0.2, 0) is 20.1 Å². The maximum atomic E-state index is 13.3. The number of nitrogens with zero attached hydrogens (tertiary/aromatic N) is 5. The van der Waals surface area contributed by atoms with Crippen LogP contribution < -0.4 is 11.2 Å². The molecule has 0 aliphatic carbocycles. The van der Waals surface area contributed by atoms with Crippen molar-refractivity contribution in [3.05, 3.63) is 86.9 Å². The van der Waals surface area contributed by atoms with Crippen LogP contribution >= 0.6 is 0 Å². The molecule has 1 aromatic carbocycles.